The first-order chi connectivity index (χ1) is 18.8. The molecule has 0 rings (SSSR count). The predicted molar refractivity (Wildman–Crippen MR) is 146 cm³/mol. The molecule has 0 aliphatic heterocycles. The normalized spacial score (nSPS) is 11.8. The number of alkyl halides is 6. The highest BCUT2D eigenvalue weighted by molar-refractivity contribution is 7.86. The zero-order chi connectivity index (χ0) is 34.1. The molecule has 0 saturated heterocycles. The lowest BCUT2D eigenvalue weighted by Gasteiger charge is -2.27. The Bertz CT molecular complexity index is 999. The number of guanidine groups is 1. The first-order valence-corrected chi connectivity index (χ1v) is 15.5. The smallest absolute Gasteiger partial charge is 0.485 e. The molecule has 0 spiro atoms. The fourth-order valence-electron chi connectivity index (χ4n) is 3.30. The third-order valence-electron chi connectivity index (χ3n) is 5.07. The van der Waals surface area contributed by atoms with Gasteiger partial charge in [-0.05, 0) is 19.9 Å². The van der Waals surface area contributed by atoms with E-state index < -0.39 is 31.3 Å². The number of halogens is 6. The van der Waals surface area contributed by atoms with Crippen molar-refractivity contribution >= 4 is 32.0 Å². The molecule has 0 aliphatic carbocycles. The minimum atomic E-state index is -6.09. The van der Waals surface area contributed by atoms with Gasteiger partial charge in [0.2, 0.25) is 0 Å². The molecule has 254 valence electrons. The van der Waals surface area contributed by atoms with Gasteiger partial charge in [0.05, 0.1) is 61.9 Å². The van der Waals surface area contributed by atoms with E-state index in [1.54, 1.807) is 0 Å². The molecule has 0 saturated carbocycles. The predicted octanol–water partition coefficient (Wildman–Crippen LogP) is 1.37. The number of nitrogens with one attached hydrogen (secondary N) is 1. The summed E-state index contributed by atoms with van der Waals surface area (Å²) in [5.41, 5.74) is -11.3. The standard InChI is InChI=1S/C20H46N6.2CHF3O3S/c1-10-12-14-25(19(18-21-3)22(4)5)16-17-26(15-13-11-2)20(23(6)7)24(8)9;2*2-1(3,4)8(5,6)7/h21H,10-18H2,1-9H3;2*(H,5,6,7)/q+2;;/p-2. The van der Waals surface area contributed by atoms with Crippen molar-refractivity contribution < 1.29 is 61.4 Å². The zero-order valence-electron chi connectivity index (χ0n) is 25.6. The third kappa shape index (κ3) is 19.3. The fraction of sp³-hybridized carbons (Fsp3) is 0.909. The van der Waals surface area contributed by atoms with Gasteiger partial charge in [-0.25, -0.2) is 16.8 Å². The molecular formula is C22H46F6N6O6S2. The van der Waals surface area contributed by atoms with Crippen LogP contribution in [0.1, 0.15) is 39.5 Å². The van der Waals surface area contributed by atoms with E-state index in [1.165, 1.54) is 37.5 Å². The van der Waals surface area contributed by atoms with Gasteiger partial charge in [-0.3, -0.25) is 23.9 Å². The minimum absolute atomic E-state index is 0.906. The second-order valence-corrected chi connectivity index (χ2v) is 12.2. The number of hydrogen-bond acceptors (Lipinski definition) is 7. The Morgan fingerprint density at radius 3 is 1.29 bits per heavy atom. The van der Waals surface area contributed by atoms with Crippen molar-refractivity contribution in [3.05, 3.63) is 0 Å². The molecule has 0 aromatic heterocycles. The molecule has 12 nitrogen and oxygen atoms in total. The fourth-order valence-corrected chi connectivity index (χ4v) is 3.30. The van der Waals surface area contributed by atoms with E-state index in [0.717, 1.165) is 32.7 Å². The maximum Gasteiger partial charge on any atom is 0.485 e. The lowest BCUT2D eigenvalue weighted by molar-refractivity contribution is -0.476. The molecule has 42 heavy (non-hydrogen) atoms. The lowest BCUT2D eigenvalue weighted by atomic mass is 10.2. The summed E-state index contributed by atoms with van der Waals surface area (Å²) < 4.78 is 122. The summed E-state index contributed by atoms with van der Waals surface area (Å²) in [6.45, 7) is 9.74. The van der Waals surface area contributed by atoms with E-state index in [0.29, 0.717) is 0 Å². The number of amidine groups is 1. The van der Waals surface area contributed by atoms with Gasteiger partial charge in [-0.15, -0.1) is 0 Å². The van der Waals surface area contributed by atoms with Crippen LogP contribution < -0.4 is 5.32 Å². The average Bonchev–Trinajstić information content (AvgIpc) is 2.78. The van der Waals surface area contributed by atoms with Gasteiger partial charge in [-0.2, -0.15) is 26.3 Å². The van der Waals surface area contributed by atoms with Gasteiger partial charge in [0.1, 0.15) is 13.1 Å². The molecule has 0 unspecified atom stereocenters. The molecule has 0 aromatic carbocycles. The number of rotatable bonds is 11. The molecule has 1 N–H and O–H groups in total. The van der Waals surface area contributed by atoms with Crippen LogP contribution in [-0.4, -0.2) is 155 Å². The number of nitrogens with zero attached hydrogens (tertiary/aromatic N) is 5. The van der Waals surface area contributed by atoms with Crippen LogP contribution in [0.3, 0.4) is 0 Å². The van der Waals surface area contributed by atoms with Gasteiger partial charge < -0.3 is 14.4 Å². The van der Waals surface area contributed by atoms with Crippen molar-refractivity contribution in [3.8, 4) is 0 Å². The molecule has 0 amide bonds. The maximum absolute atomic E-state index is 10.7. The van der Waals surface area contributed by atoms with Gasteiger partial charge in [-0.1, -0.05) is 26.7 Å². The van der Waals surface area contributed by atoms with Gasteiger partial charge in [0.25, 0.3) is 5.84 Å². The van der Waals surface area contributed by atoms with Crippen LogP contribution in [0.2, 0.25) is 0 Å². The second-order valence-electron chi connectivity index (χ2n) is 9.41. The van der Waals surface area contributed by atoms with E-state index in [2.05, 4.69) is 85.3 Å². The summed E-state index contributed by atoms with van der Waals surface area (Å²) >= 11 is 0. The van der Waals surface area contributed by atoms with Crippen molar-refractivity contribution in [2.24, 2.45) is 0 Å². The van der Waals surface area contributed by atoms with Crippen LogP contribution in [0.15, 0.2) is 0 Å². The quantitative estimate of drug-likeness (QED) is 0.0857. The van der Waals surface area contributed by atoms with Crippen molar-refractivity contribution in [1.29, 1.82) is 0 Å². The first-order valence-electron chi connectivity index (χ1n) is 12.7. The topological polar surface area (TPSA) is 142 Å². The number of likely N-dealkylation sites (N-methyl/N-ethyl adjacent to an activating group) is 1. The van der Waals surface area contributed by atoms with E-state index in [1.807, 2.05) is 7.05 Å². The molecule has 0 bridgehead atoms. The van der Waals surface area contributed by atoms with Crippen LogP contribution in [-0.2, 0) is 20.2 Å². The summed E-state index contributed by atoms with van der Waals surface area (Å²) in [6.07, 6.45) is 4.90. The van der Waals surface area contributed by atoms with Crippen molar-refractivity contribution in [1.82, 2.24) is 20.0 Å². The Balaban J connectivity index is -0.000000770. The molecular weight excluding hydrogens is 622 g/mol. The largest absolute Gasteiger partial charge is 0.741 e. The van der Waals surface area contributed by atoms with E-state index in [4.69, 9.17) is 25.9 Å². The third-order valence-corrected chi connectivity index (χ3v) is 6.20. The first kappa shape index (κ1) is 44.5. The van der Waals surface area contributed by atoms with E-state index in [9.17, 15) is 26.3 Å². The monoisotopic (exact) mass is 668 g/mol. The Labute approximate surface area is 246 Å². The van der Waals surface area contributed by atoms with Gasteiger partial charge in [0.15, 0.2) is 20.2 Å². The van der Waals surface area contributed by atoms with Crippen molar-refractivity contribution in [2.75, 3.05) is 82.1 Å². The lowest BCUT2D eigenvalue weighted by Crippen LogP contribution is -2.51. The Morgan fingerprint density at radius 1 is 0.714 bits per heavy atom. The SMILES string of the molecule is CCCCN(CCN(CCCC)C(N(C)C)=[N+](C)C)C(CNC)=[N+](C)C.O=S(=O)([O-])C(F)(F)F.O=S(=O)([O-])C(F)(F)F. The number of hydrogen-bond donors (Lipinski definition) is 1. The molecule has 0 radical (unpaired) electrons. The second kappa shape index (κ2) is 20.1. The van der Waals surface area contributed by atoms with Crippen LogP contribution in [0.5, 0.6) is 0 Å². The van der Waals surface area contributed by atoms with E-state index >= 15 is 0 Å². The summed E-state index contributed by atoms with van der Waals surface area (Å²) in [4.78, 5) is 7.33. The Kier molecular flexibility index (Phi) is 21.3. The Hall–Kier alpha value is -1.90. The highest BCUT2D eigenvalue weighted by Crippen LogP contribution is 2.21. The molecule has 0 fully saturated rings. The van der Waals surface area contributed by atoms with Crippen LogP contribution in [0.4, 0.5) is 26.3 Å². The van der Waals surface area contributed by atoms with Crippen LogP contribution in [0.25, 0.3) is 0 Å². The molecule has 0 heterocycles. The maximum atomic E-state index is 10.7. The highest BCUT2D eigenvalue weighted by atomic mass is 32.2. The van der Waals surface area contributed by atoms with Gasteiger partial charge >= 0.3 is 17.0 Å². The molecule has 0 aromatic rings. The minimum Gasteiger partial charge on any atom is -0.741 e. The highest BCUT2D eigenvalue weighted by Gasteiger charge is 2.37. The summed E-state index contributed by atoms with van der Waals surface area (Å²) in [6, 6.07) is 0. The Morgan fingerprint density at radius 2 is 1.05 bits per heavy atom. The molecule has 0 atom stereocenters. The summed E-state index contributed by atoms with van der Waals surface area (Å²) in [5.74, 6) is 2.65. The van der Waals surface area contributed by atoms with E-state index in [-0.39, 0.29) is 0 Å². The average molecular weight is 669 g/mol. The van der Waals surface area contributed by atoms with Crippen molar-refractivity contribution in [2.45, 2.75) is 50.5 Å². The molecule has 0 aliphatic rings. The van der Waals surface area contributed by atoms with Crippen molar-refractivity contribution in [3.63, 3.8) is 0 Å². The van der Waals surface area contributed by atoms with Crippen LogP contribution >= 0.6 is 0 Å². The number of unbranched alkanes of at least 4 members (excludes halogenated alkanes) is 2. The van der Waals surface area contributed by atoms with Gasteiger partial charge in [0, 0.05) is 0 Å². The molecule has 20 heteroatoms. The summed E-state index contributed by atoms with van der Waals surface area (Å²) in [5, 5.41) is 3.33. The van der Waals surface area contributed by atoms with Crippen LogP contribution in [0, 0.1) is 0 Å². The zero-order valence-corrected chi connectivity index (χ0v) is 27.3. The summed E-state index contributed by atoms with van der Waals surface area (Å²) in [7, 11) is 2.71.